The summed E-state index contributed by atoms with van der Waals surface area (Å²) in [6, 6.07) is -0.766. The molecule has 336 valence electrons. The minimum atomic E-state index is -4.32. The maximum absolute atomic E-state index is 12.9. The fraction of sp³-hybridized carbons (Fsp3) is 0.854. The van der Waals surface area contributed by atoms with Crippen molar-refractivity contribution < 1.29 is 32.9 Å². The zero-order valence-corrected chi connectivity index (χ0v) is 39.0. The molecule has 0 aliphatic carbocycles. The summed E-state index contributed by atoms with van der Waals surface area (Å²) in [6.07, 6.45) is 48.8. The van der Waals surface area contributed by atoms with E-state index in [1.807, 2.05) is 21.1 Å². The Balaban J connectivity index is 4.33. The van der Waals surface area contributed by atoms with Crippen molar-refractivity contribution in [2.75, 3.05) is 40.9 Å². The third-order valence-electron chi connectivity index (χ3n) is 10.6. The van der Waals surface area contributed by atoms with Crippen LogP contribution in [0.2, 0.25) is 0 Å². The van der Waals surface area contributed by atoms with E-state index in [2.05, 4.69) is 55.6 Å². The average molecular weight is 826 g/mol. The Morgan fingerprint density at radius 3 is 1.46 bits per heavy atom. The smallest absolute Gasteiger partial charge is 0.391 e. The van der Waals surface area contributed by atoms with Crippen LogP contribution in [0.15, 0.2) is 36.5 Å². The number of aliphatic hydroxyl groups is 1. The van der Waals surface area contributed by atoms with Crippen LogP contribution in [0.5, 0.6) is 0 Å². The van der Waals surface area contributed by atoms with Crippen molar-refractivity contribution in [3.05, 3.63) is 36.5 Å². The standard InChI is InChI=1S/C48H93N2O6P/c1-6-8-10-12-14-16-18-20-22-23-24-25-26-27-28-30-32-34-36-38-40-42-48(52)49-46(45-56-57(53,54)55-44-43-50(3,4)5)47(51)41-39-37-35-33-31-29-21-19-17-15-13-11-9-7-2/h18,20,23-24,26-27,46-47,51H,6-17,19,21-22,25,28-45H2,1-5H3,(H-,49,52,53,54)/p+1/b20-18-,24-23-,27-26-. The minimum Gasteiger partial charge on any atom is -0.391 e. The van der Waals surface area contributed by atoms with Crippen molar-refractivity contribution in [2.45, 2.75) is 225 Å². The molecule has 0 bridgehead atoms. The Kier molecular flexibility index (Phi) is 39.2. The average Bonchev–Trinajstić information content (AvgIpc) is 3.16. The number of phosphoric ester groups is 1. The second-order valence-electron chi connectivity index (χ2n) is 17.5. The number of nitrogens with one attached hydrogen (secondary N) is 1. The summed E-state index contributed by atoms with van der Waals surface area (Å²) < 4.78 is 23.6. The van der Waals surface area contributed by atoms with Crippen LogP contribution in [0.3, 0.4) is 0 Å². The first-order chi connectivity index (χ1) is 27.5. The topological polar surface area (TPSA) is 105 Å². The zero-order chi connectivity index (χ0) is 42.1. The number of hydrogen-bond donors (Lipinski definition) is 3. The minimum absolute atomic E-state index is 0.0713. The molecular weight excluding hydrogens is 732 g/mol. The summed E-state index contributed by atoms with van der Waals surface area (Å²) in [5, 5.41) is 14.0. The van der Waals surface area contributed by atoms with E-state index < -0.39 is 20.0 Å². The lowest BCUT2D eigenvalue weighted by Gasteiger charge is -2.26. The fourth-order valence-corrected chi connectivity index (χ4v) is 7.55. The molecule has 0 aliphatic heterocycles. The van der Waals surface area contributed by atoms with Gasteiger partial charge in [-0.1, -0.05) is 192 Å². The van der Waals surface area contributed by atoms with Gasteiger partial charge in [-0.25, -0.2) is 4.57 Å². The first kappa shape index (κ1) is 55.7. The van der Waals surface area contributed by atoms with Gasteiger partial charge in [0.15, 0.2) is 0 Å². The lowest BCUT2D eigenvalue weighted by Crippen LogP contribution is -2.46. The number of quaternary nitrogens is 1. The second-order valence-corrected chi connectivity index (χ2v) is 18.9. The molecule has 8 nitrogen and oxygen atoms in total. The van der Waals surface area contributed by atoms with Crippen molar-refractivity contribution in [2.24, 2.45) is 0 Å². The number of phosphoric acid groups is 1. The van der Waals surface area contributed by atoms with Gasteiger partial charge in [0.25, 0.3) is 0 Å². The molecule has 0 fully saturated rings. The van der Waals surface area contributed by atoms with Crippen LogP contribution < -0.4 is 5.32 Å². The molecule has 0 radical (unpaired) electrons. The Labute approximate surface area is 353 Å². The van der Waals surface area contributed by atoms with Crippen LogP contribution in [0.25, 0.3) is 0 Å². The number of allylic oxidation sites excluding steroid dienone is 6. The van der Waals surface area contributed by atoms with Crippen LogP contribution in [0, 0.1) is 0 Å². The van der Waals surface area contributed by atoms with Gasteiger partial charge in [0.05, 0.1) is 39.9 Å². The molecule has 3 N–H and O–H groups in total. The maximum atomic E-state index is 12.9. The number of nitrogens with zero attached hydrogens (tertiary/aromatic N) is 1. The molecule has 0 aliphatic rings. The third kappa shape index (κ3) is 42.6. The summed E-state index contributed by atoms with van der Waals surface area (Å²) in [6.45, 7) is 4.87. The predicted octanol–water partition coefficient (Wildman–Crippen LogP) is 13.5. The molecule has 9 heteroatoms. The number of likely N-dealkylation sites (N-methyl/N-ethyl adjacent to an activating group) is 1. The summed E-state index contributed by atoms with van der Waals surface area (Å²) in [5.74, 6) is -0.157. The van der Waals surface area contributed by atoms with E-state index in [9.17, 15) is 19.4 Å². The normalized spacial score (nSPS) is 14.6. The molecule has 0 heterocycles. The summed E-state index contributed by atoms with van der Waals surface area (Å²) in [4.78, 5) is 23.2. The highest BCUT2D eigenvalue weighted by Crippen LogP contribution is 2.43. The molecule has 0 saturated carbocycles. The monoisotopic (exact) mass is 826 g/mol. The number of rotatable bonds is 43. The lowest BCUT2D eigenvalue weighted by molar-refractivity contribution is -0.870. The largest absolute Gasteiger partial charge is 0.472 e. The maximum Gasteiger partial charge on any atom is 0.472 e. The van der Waals surface area contributed by atoms with Crippen LogP contribution >= 0.6 is 7.82 Å². The summed E-state index contributed by atoms with van der Waals surface area (Å²) in [7, 11) is 1.60. The van der Waals surface area contributed by atoms with E-state index in [1.54, 1.807) is 0 Å². The first-order valence-electron chi connectivity index (χ1n) is 23.9. The Hall–Kier alpha value is -1.28. The molecular formula is C48H94N2O6P+. The number of amides is 1. The van der Waals surface area contributed by atoms with Gasteiger partial charge in [-0.05, 0) is 51.4 Å². The molecule has 0 spiro atoms. The zero-order valence-electron chi connectivity index (χ0n) is 38.1. The first-order valence-corrected chi connectivity index (χ1v) is 25.3. The molecule has 0 aromatic carbocycles. The second kappa shape index (κ2) is 40.1. The number of hydrogen-bond acceptors (Lipinski definition) is 5. The Morgan fingerprint density at radius 2 is 1.00 bits per heavy atom. The van der Waals surface area contributed by atoms with Crippen molar-refractivity contribution in [3.8, 4) is 0 Å². The van der Waals surface area contributed by atoms with Gasteiger partial charge >= 0.3 is 7.82 Å². The van der Waals surface area contributed by atoms with Crippen molar-refractivity contribution in [1.82, 2.24) is 5.32 Å². The molecule has 0 aromatic heterocycles. The van der Waals surface area contributed by atoms with Gasteiger partial charge in [-0.3, -0.25) is 13.8 Å². The number of carbonyl (C=O) groups excluding carboxylic acids is 1. The Morgan fingerprint density at radius 1 is 0.596 bits per heavy atom. The van der Waals surface area contributed by atoms with Crippen LogP contribution in [0.1, 0.15) is 213 Å². The molecule has 3 atom stereocenters. The molecule has 1 amide bonds. The van der Waals surface area contributed by atoms with Crippen LogP contribution in [-0.4, -0.2) is 73.4 Å². The molecule has 0 saturated heterocycles. The van der Waals surface area contributed by atoms with Gasteiger partial charge in [0.2, 0.25) is 5.91 Å². The molecule has 0 aromatic rings. The number of unbranched alkanes of at least 4 members (excludes halogenated alkanes) is 24. The van der Waals surface area contributed by atoms with Crippen molar-refractivity contribution in [3.63, 3.8) is 0 Å². The van der Waals surface area contributed by atoms with Gasteiger partial charge in [-0.15, -0.1) is 0 Å². The highest BCUT2D eigenvalue weighted by atomic mass is 31.2. The van der Waals surface area contributed by atoms with E-state index in [0.29, 0.717) is 23.9 Å². The van der Waals surface area contributed by atoms with Gasteiger partial charge in [-0.2, -0.15) is 0 Å². The quantitative estimate of drug-likeness (QED) is 0.0245. The van der Waals surface area contributed by atoms with E-state index in [1.165, 1.54) is 122 Å². The van der Waals surface area contributed by atoms with Crippen LogP contribution in [0.4, 0.5) is 0 Å². The predicted molar refractivity (Wildman–Crippen MR) is 244 cm³/mol. The molecule has 3 unspecified atom stereocenters. The highest BCUT2D eigenvalue weighted by molar-refractivity contribution is 7.47. The van der Waals surface area contributed by atoms with Crippen LogP contribution in [-0.2, 0) is 18.4 Å². The fourth-order valence-electron chi connectivity index (χ4n) is 6.82. The highest BCUT2D eigenvalue weighted by Gasteiger charge is 2.28. The van der Waals surface area contributed by atoms with Gasteiger partial charge in [0, 0.05) is 6.42 Å². The molecule has 0 rings (SSSR count). The lowest BCUT2D eigenvalue weighted by atomic mass is 10.0. The van der Waals surface area contributed by atoms with E-state index in [0.717, 1.165) is 64.2 Å². The van der Waals surface area contributed by atoms with Gasteiger partial charge < -0.3 is 19.8 Å². The number of carbonyl (C=O) groups is 1. The van der Waals surface area contributed by atoms with Gasteiger partial charge in [0.1, 0.15) is 13.2 Å². The van der Waals surface area contributed by atoms with E-state index in [-0.39, 0.29) is 19.1 Å². The third-order valence-corrected chi connectivity index (χ3v) is 11.6. The van der Waals surface area contributed by atoms with Crippen molar-refractivity contribution >= 4 is 13.7 Å². The Bertz CT molecular complexity index is 1030. The van der Waals surface area contributed by atoms with E-state index in [4.69, 9.17) is 9.05 Å². The summed E-state index contributed by atoms with van der Waals surface area (Å²) in [5.41, 5.74) is 0. The molecule has 57 heavy (non-hydrogen) atoms. The van der Waals surface area contributed by atoms with E-state index >= 15 is 0 Å². The summed E-state index contributed by atoms with van der Waals surface area (Å²) >= 11 is 0. The number of aliphatic hydroxyl groups excluding tert-OH is 1. The SMILES string of the molecule is CCCCCCC/C=C\C/C=C\C/C=C\CCCCCCCCC(=O)NC(COP(=O)(O)OCC[N+](C)(C)C)C(O)CCCCCCCCCCCCCCCC. The van der Waals surface area contributed by atoms with Crippen molar-refractivity contribution in [1.29, 1.82) is 0 Å².